The molecule has 0 aromatic carbocycles. The Morgan fingerprint density at radius 2 is 2.00 bits per heavy atom. The van der Waals surface area contributed by atoms with E-state index in [1.807, 2.05) is 18.2 Å². The number of nitrogens with one attached hydrogen (secondary N) is 3. The molecule has 1 aliphatic carbocycles. The number of carbonyl (C=O) groups is 2. The van der Waals surface area contributed by atoms with Crippen LogP contribution in [0.2, 0.25) is 0 Å². The molecule has 3 N–H and O–H groups in total. The van der Waals surface area contributed by atoms with Crippen LogP contribution in [0.15, 0.2) is 36.7 Å². The fraction of sp³-hybridized carbons (Fsp3) is 0.474. The fourth-order valence-corrected chi connectivity index (χ4v) is 3.61. The third-order valence-electron chi connectivity index (χ3n) is 5.04. The lowest BCUT2D eigenvalue weighted by Gasteiger charge is -2.34. The van der Waals surface area contributed by atoms with Gasteiger partial charge >= 0.3 is 0 Å². The second-order valence-corrected chi connectivity index (χ2v) is 6.89. The van der Waals surface area contributed by atoms with Crippen molar-refractivity contribution in [3.05, 3.63) is 48.0 Å². The first-order chi connectivity index (χ1) is 12.6. The first-order valence-corrected chi connectivity index (χ1v) is 9.09. The molecule has 0 bridgehead atoms. The molecular formula is C19H25N5O2. The molecule has 26 heavy (non-hydrogen) atoms. The normalized spacial score (nSPS) is 21.0. The van der Waals surface area contributed by atoms with Crippen molar-refractivity contribution >= 4 is 11.8 Å². The summed E-state index contributed by atoms with van der Waals surface area (Å²) in [6, 6.07) is 7.31. The van der Waals surface area contributed by atoms with Gasteiger partial charge in [-0.1, -0.05) is 6.07 Å². The van der Waals surface area contributed by atoms with Crippen molar-refractivity contribution in [1.29, 1.82) is 0 Å². The van der Waals surface area contributed by atoms with Crippen LogP contribution in [-0.4, -0.2) is 33.5 Å². The lowest BCUT2D eigenvalue weighted by molar-refractivity contribution is -0.119. The molecule has 1 saturated carbocycles. The molecule has 7 nitrogen and oxygen atoms in total. The maximum atomic E-state index is 12.5. The first kappa shape index (κ1) is 18.1. The minimum Gasteiger partial charge on any atom is -0.356 e. The molecule has 1 aliphatic rings. The Labute approximate surface area is 153 Å². The Hall–Kier alpha value is -2.70. The van der Waals surface area contributed by atoms with Crippen LogP contribution in [-0.2, 0) is 4.79 Å². The maximum Gasteiger partial charge on any atom is 0.269 e. The number of aromatic nitrogens is 3. The van der Waals surface area contributed by atoms with Crippen molar-refractivity contribution in [3.8, 4) is 0 Å². The van der Waals surface area contributed by atoms with Crippen molar-refractivity contribution in [2.45, 2.75) is 38.6 Å². The molecule has 138 valence electrons. The van der Waals surface area contributed by atoms with E-state index in [2.05, 4.69) is 25.8 Å². The standard InChI is InChI=1S/C19H25N5O2/c1-13(25)21-12-14-5-7-15(8-6-14)18(16-4-2-3-10-20-16)23-19(26)17-9-11-22-24-17/h2-4,9-11,14-15,18H,5-8,12H2,1H3,(H,21,25)(H,22,24)(H,23,26). The molecule has 2 aromatic rings. The predicted molar refractivity (Wildman–Crippen MR) is 97.2 cm³/mol. The van der Waals surface area contributed by atoms with Crippen molar-refractivity contribution in [3.63, 3.8) is 0 Å². The summed E-state index contributed by atoms with van der Waals surface area (Å²) in [6.07, 6.45) is 7.39. The van der Waals surface area contributed by atoms with E-state index in [-0.39, 0.29) is 17.9 Å². The highest BCUT2D eigenvalue weighted by atomic mass is 16.2. The van der Waals surface area contributed by atoms with Gasteiger partial charge < -0.3 is 10.6 Å². The number of amides is 2. The van der Waals surface area contributed by atoms with Crippen molar-refractivity contribution in [1.82, 2.24) is 25.8 Å². The third kappa shape index (κ3) is 4.68. The Morgan fingerprint density at radius 1 is 1.19 bits per heavy atom. The van der Waals surface area contributed by atoms with E-state index in [0.29, 0.717) is 17.5 Å². The SMILES string of the molecule is CC(=O)NCC1CCC(C(NC(=O)c2ccn[nH]2)c2ccccn2)CC1. The number of hydrogen-bond donors (Lipinski definition) is 3. The topological polar surface area (TPSA) is 99.8 Å². The highest BCUT2D eigenvalue weighted by Gasteiger charge is 2.31. The van der Waals surface area contributed by atoms with Crippen molar-refractivity contribution in [2.24, 2.45) is 11.8 Å². The monoisotopic (exact) mass is 355 g/mol. The van der Waals surface area contributed by atoms with Crippen LogP contribution in [0.5, 0.6) is 0 Å². The number of pyridine rings is 1. The Bertz CT molecular complexity index is 709. The van der Waals surface area contributed by atoms with E-state index in [1.54, 1.807) is 25.4 Å². The minimum atomic E-state index is -0.168. The quantitative estimate of drug-likeness (QED) is 0.740. The molecule has 1 atom stereocenters. The summed E-state index contributed by atoms with van der Waals surface area (Å²) in [5.41, 5.74) is 1.33. The molecular weight excluding hydrogens is 330 g/mol. The molecule has 0 aliphatic heterocycles. The molecule has 0 saturated heterocycles. The zero-order valence-corrected chi connectivity index (χ0v) is 14.9. The van der Waals surface area contributed by atoms with Gasteiger partial charge in [-0.2, -0.15) is 5.10 Å². The van der Waals surface area contributed by atoms with Crippen LogP contribution >= 0.6 is 0 Å². The molecule has 0 radical (unpaired) electrons. The van der Waals surface area contributed by atoms with Crippen molar-refractivity contribution < 1.29 is 9.59 Å². The van der Waals surface area contributed by atoms with Gasteiger partial charge in [-0.05, 0) is 55.7 Å². The average molecular weight is 355 g/mol. The van der Waals surface area contributed by atoms with E-state index >= 15 is 0 Å². The number of H-pyrrole nitrogens is 1. The van der Waals surface area contributed by atoms with Gasteiger partial charge in [0.1, 0.15) is 5.69 Å². The lowest BCUT2D eigenvalue weighted by atomic mass is 9.77. The van der Waals surface area contributed by atoms with Crippen LogP contribution in [0.1, 0.15) is 54.8 Å². The molecule has 1 unspecified atom stereocenters. The summed E-state index contributed by atoms with van der Waals surface area (Å²) >= 11 is 0. The fourth-order valence-electron chi connectivity index (χ4n) is 3.61. The zero-order valence-electron chi connectivity index (χ0n) is 14.9. The van der Waals surface area contributed by atoms with Crippen LogP contribution in [0.4, 0.5) is 0 Å². The maximum absolute atomic E-state index is 12.5. The summed E-state index contributed by atoms with van der Waals surface area (Å²) in [5, 5.41) is 12.6. The van der Waals surface area contributed by atoms with Crippen LogP contribution in [0, 0.1) is 11.8 Å². The summed E-state index contributed by atoms with van der Waals surface area (Å²) < 4.78 is 0. The van der Waals surface area contributed by atoms with Gasteiger partial charge in [0.05, 0.1) is 11.7 Å². The molecule has 1 fully saturated rings. The summed E-state index contributed by atoms with van der Waals surface area (Å²) in [7, 11) is 0. The zero-order chi connectivity index (χ0) is 18.4. The van der Waals surface area contributed by atoms with Gasteiger partial charge in [-0.15, -0.1) is 0 Å². The van der Waals surface area contributed by atoms with E-state index in [1.165, 1.54) is 0 Å². The van der Waals surface area contributed by atoms with E-state index < -0.39 is 0 Å². The highest BCUT2D eigenvalue weighted by molar-refractivity contribution is 5.92. The second-order valence-electron chi connectivity index (χ2n) is 6.89. The number of carbonyl (C=O) groups excluding carboxylic acids is 2. The van der Waals surface area contributed by atoms with Crippen LogP contribution in [0.25, 0.3) is 0 Å². The Balaban J connectivity index is 1.67. The Morgan fingerprint density at radius 3 is 2.62 bits per heavy atom. The average Bonchev–Trinajstić information content (AvgIpc) is 3.20. The van der Waals surface area contributed by atoms with Gasteiger partial charge in [0.15, 0.2) is 0 Å². The minimum absolute atomic E-state index is 0.0188. The van der Waals surface area contributed by atoms with Gasteiger partial charge in [-0.25, -0.2) is 0 Å². The number of hydrogen-bond acceptors (Lipinski definition) is 4. The van der Waals surface area contributed by atoms with Gasteiger partial charge in [-0.3, -0.25) is 19.7 Å². The van der Waals surface area contributed by atoms with E-state index in [9.17, 15) is 9.59 Å². The van der Waals surface area contributed by atoms with Gasteiger partial charge in [0.25, 0.3) is 5.91 Å². The smallest absolute Gasteiger partial charge is 0.269 e. The molecule has 3 rings (SSSR count). The van der Waals surface area contributed by atoms with E-state index in [4.69, 9.17) is 0 Å². The van der Waals surface area contributed by atoms with Crippen LogP contribution in [0.3, 0.4) is 0 Å². The molecule has 2 aromatic heterocycles. The molecule has 0 spiro atoms. The summed E-state index contributed by atoms with van der Waals surface area (Å²) in [6.45, 7) is 2.28. The molecule has 2 heterocycles. The number of nitrogens with zero attached hydrogens (tertiary/aromatic N) is 2. The molecule has 2 amide bonds. The van der Waals surface area contributed by atoms with Crippen LogP contribution < -0.4 is 10.6 Å². The van der Waals surface area contributed by atoms with E-state index in [0.717, 1.165) is 37.9 Å². The third-order valence-corrected chi connectivity index (χ3v) is 5.04. The van der Waals surface area contributed by atoms with Gasteiger partial charge in [0.2, 0.25) is 5.91 Å². The predicted octanol–water partition coefficient (Wildman–Crippen LogP) is 2.22. The van der Waals surface area contributed by atoms with Gasteiger partial charge in [0, 0.05) is 25.9 Å². The number of aromatic amines is 1. The first-order valence-electron chi connectivity index (χ1n) is 9.09. The highest BCUT2D eigenvalue weighted by Crippen LogP contribution is 2.36. The number of rotatable bonds is 6. The second kappa shape index (κ2) is 8.60. The largest absolute Gasteiger partial charge is 0.356 e. The summed E-state index contributed by atoms with van der Waals surface area (Å²) in [5.74, 6) is 0.678. The molecule has 7 heteroatoms. The summed E-state index contributed by atoms with van der Waals surface area (Å²) in [4.78, 5) is 28.1. The lowest BCUT2D eigenvalue weighted by Crippen LogP contribution is -2.37. The van der Waals surface area contributed by atoms with Crippen molar-refractivity contribution in [2.75, 3.05) is 6.54 Å². The Kier molecular flexibility index (Phi) is 5.99.